The molecule has 0 amide bonds. The molecule has 2 aromatic rings. The molecule has 0 saturated heterocycles. The van der Waals surface area contributed by atoms with Crippen molar-refractivity contribution < 1.29 is 9.13 Å². The summed E-state index contributed by atoms with van der Waals surface area (Å²) in [5.74, 6) is 0.380. The Kier molecular flexibility index (Phi) is 3.28. The number of rotatable bonds is 3. The summed E-state index contributed by atoms with van der Waals surface area (Å²) in [5.41, 5.74) is 7.61. The molecule has 0 saturated carbocycles. The van der Waals surface area contributed by atoms with Crippen LogP contribution in [-0.2, 0) is 6.61 Å². The molecule has 0 aliphatic heterocycles. The van der Waals surface area contributed by atoms with Crippen LogP contribution in [0.15, 0.2) is 42.5 Å². The summed E-state index contributed by atoms with van der Waals surface area (Å²) in [6, 6.07) is 12.2. The van der Waals surface area contributed by atoms with Crippen LogP contribution in [0, 0.1) is 12.7 Å². The van der Waals surface area contributed by atoms with Crippen molar-refractivity contribution in [3.63, 3.8) is 0 Å². The molecule has 0 unspecified atom stereocenters. The van der Waals surface area contributed by atoms with Crippen LogP contribution in [-0.4, -0.2) is 0 Å². The molecule has 0 aromatic heterocycles. The molecule has 0 atom stereocenters. The van der Waals surface area contributed by atoms with Gasteiger partial charge in [0, 0.05) is 11.3 Å². The van der Waals surface area contributed by atoms with E-state index in [1.165, 1.54) is 6.07 Å². The van der Waals surface area contributed by atoms with Crippen LogP contribution < -0.4 is 10.5 Å². The van der Waals surface area contributed by atoms with Gasteiger partial charge in [-0.15, -0.1) is 0 Å². The van der Waals surface area contributed by atoms with Crippen molar-refractivity contribution >= 4 is 5.69 Å². The van der Waals surface area contributed by atoms with E-state index < -0.39 is 0 Å². The smallest absolute Gasteiger partial charge is 0.131 e. The Hall–Kier alpha value is -2.03. The number of benzene rings is 2. The first-order valence-corrected chi connectivity index (χ1v) is 5.39. The maximum Gasteiger partial charge on any atom is 0.131 e. The molecule has 2 aromatic carbocycles. The van der Waals surface area contributed by atoms with Crippen molar-refractivity contribution in [2.24, 2.45) is 0 Å². The Morgan fingerprint density at radius 3 is 2.65 bits per heavy atom. The first-order valence-electron chi connectivity index (χ1n) is 5.39. The normalized spacial score (nSPS) is 10.2. The largest absolute Gasteiger partial charge is 0.489 e. The lowest BCUT2D eigenvalue weighted by atomic mass is 10.2. The molecule has 2 nitrogen and oxygen atoms in total. The van der Waals surface area contributed by atoms with E-state index in [0.717, 1.165) is 5.56 Å². The predicted octanol–water partition coefficient (Wildman–Crippen LogP) is 3.30. The van der Waals surface area contributed by atoms with E-state index in [2.05, 4.69) is 0 Å². The minimum atomic E-state index is -0.336. The van der Waals surface area contributed by atoms with Crippen LogP contribution in [0.1, 0.15) is 11.1 Å². The van der Waals surface area contributed by atoms with E-state index in [1.54, 1.807) is 12.1 Å². The first kappa shape index (κ1) is 11.5. The molecule has 17 heavy (non-hydrogen) atoms. The number of nitrogens with two attached hydrogens (primary N) is 1. The predicted molar refractivity (Wildman–Crippen MR) is 66.3 cm³/mol. The molecule has 0 bridgehead atoms. The second kappa shape index (κ2) is 4.87. The minimum Gasteiger partial charge on any atom is -0.489 e. The highest BCUT2D eigenvalue weighted by Crippen LogP contribution is 2.19. The fourth-order valence-electron chi connectivity index (χ4n) is 1.59. The van der Waals surface area contributed by atoms with Gasteiger partial charge in [0.2, 0.25) is 0 Å². The summed E-state index contributed by atoms with van der Waals surface area (Å²) in [5, 5.41) is 0. The lowest BCUT2D eigenvalue weighted by Crippen LogP contribution is -2.03. The Morgan fingerprint density at radius 1 is 1.18 bits per heavy atom. The molecule has 0 aliphatic rings. The van der Waals surface area contributed by atoms with Crippen molar-refractivity contribution in [3.8, 4) is 5.75 Å². The fourth-order valence-corrected chi connectivity index (χ4v) is 1.59. The van der Waals surface area contributed by atoms with Crippen molar-refractivity contribution in [2.45, 2.75) is 13.5 Å². The molecule has 0 spiro atoms. The monoisotopic (exact) mass is 231 g/mol. The van der Waals surface area contributed by atoms with Gasteiger partial charge in [0.15, 0.2) is 0 Å². The van der Waals surface area contributed by atoms with E-state index in [1.807, 2.05) is 31.2 Å². The molecule has 2 rings (SSSR count). The summed E-state index contributed by atoms with van der Waals surface area (Å²) in [4.78, 5) is 0. The van der Waals surface area contributed by atoms with E-state index in [4.69, 9.17) is 10.5 Å². The molecule has 0 radical (unpaired) electrons. The zero-order valence-corrected chi connectivity index (χ0v) is 9.61. The quantitative estimate of drug-likeness (QED) is 0.822. The minimum absolute atomic E-state index is 0.141. The molecule has 0 fully saturated rings. The van der Waals surface area contributed by atoms with Crippen LogP contribution in [0.5, 0.6) is 5.75 Å². The second-order valence-electron chi connectivity index (χ2n) is 3.91. The summed E-state index contributed by atoms with van der Waals surface area (Å²) >= 11 is 0. The zero-order chi connectivity index (χ0) is 12.3. The molecule has 3 heteroatoms. The Morgan fingerprint density at radius 2 is 1.94 bits per heavy atom. The number of ether oxygens (including phenoxy) is 1. The second-order valence-corrected chi connectivity index (χ2v) is 3.91. The number of hydrogen-bond acceptors (Lipinski definition) is 2. The highest BCUT2D eigenvalue weighted by atomic mass is 19.1. The lowest BCUT2D eigenvalue weighted by molar-refractivity contribution is 0.300. The van der Waals surface area contributed by atoms with E-state index >= 15 is 0 Å². The van der Waals surface area contributed by atoms with Crippen LogP contribution in [0.2, 0.25) is 0 Å². The van der Waals surface area contributed by atoms with Gasteiger partial charge < -0.3 is 10.5 Å². The molecule has 2 N–H and O–H groups in total. The summed E-state index contributed by atoms with van der Waals surface area (Å²) in [6.45, 7) is 2.12. The van der Waals surface area contributed by atoms with Crippen LogP contribution in [0.25, 0.3) is 0 Å². The van der Waals surface area contributed by atoms with E-state index in [0.29, 0.717) is 17.0 Å². The van der Waals surface area contributed by atoms with Crippen molar-refractivity contribution in [3.05, 3.63) is 59.4 Å². The Bertz CT molecular complexity index is 505. The van der Waals surface area contributed by atoms with Gasteiger partial charge in [-0.2, -0.15) is 0 Å². The van der Waals surface area contributed by atoms with Crippen LogP contribution in [0.3, 0.4) is 0 Å². The summed E-state index contributed by atoms with van der Waals surface area (Å²) in [7, 11) is 0. The number of nitrogen functional groups attached to an aromatic ring is 1. The fraction of sp³-hybridized carbons (Fsp3) is 0.143. The molecule has 0 aliphatic carbocycles. The van der Waals surface area contributed by atoms with Crippen LogP contribution >= 0.6 is 0 Å². The number of anilines is 1. The van der Waals surface area contributed by atoms with E-state index in [-0.39, 0.29) is 12.4 Å². The third-order valence-corrected chi connectivity index (χ3v) is 2.53. The van der Waals surface area contributed by atoms with Gasteiger partial charge in [-0.3, -0.25) is 0 Å². The Labute approximate surface area is 99.8 Å². The van der Waals surface area contributed by atoms with Gasteiger partial charge in [-0.25, -0.2) is 4.39 Å². The number of halogens is 1. The van der Waals surface area contributed by atoms with Gasteiger partial charge in [-0.05, 0) is 36.8 Å². The average molecular weight is 231 g/mol. The topological polar surface area (TPSA) is 35.2 Å². The third-order valence-electron chi connectivity index (χ3n) is 2.53. The maximum absolute atomic E-state index is 13.5. The molecule has 88 valence electrons. The first-order chi connectivity index (χ1) is 8.16. The molecular weight excluding hydrogens is 217 g/mol. The van der Waals surface area contributed by atoms with Gasteiger partial charge >= 0.3 is 0 Å². The molecule has 0 heterocycles. The Balaban J connectivity index is 2.13. The zero-order valence-electron chi connectivity index (χ0n) is 9.61. The summed E-state index contributed by atoms with van der Waals surface area (Å²) in [6.07, 6.45) is 0. The molecular formula is C14H14FNO. The van der Waals surface area contributed by atoms with Gasteiger partial charge in [-0.1, -0.05) is 18.2 Å². The highest BCUT2D eigenvalue weighted by molar-refractivity contribution is 5.47. The van der Waals surface area contributed by atoms with Gasteiger partial charge in [0.1, 0.15) is 18.2 Å². The van der Waals surface area contributed by atoms with Crippen LogP contribution in [0.4, 0.5) is 10.1 Å². The average Bonchev–Trinajstić information content (AvgIpc) is 2.28. The van der Waals surface area contributed by atoms with Crippen molar-refractivity contribution in [1.29, 1.82) is 0 Å². The van der Waals surface area contributed by atoms with Gasteiger partial charge in [0.05, 0.1) is 0 Å². The standard InChI is InChI=1S/C14H14FNO/c1-10-4-2-5-11(8-10)17-9-12-13(15)6-3-7-14(12)16/h2-8H,9,16H2,1H3. The van der Waals surface area contributed by atoms with Crippen molar-refractivity contribution in [1.82, 2.24) is 0 Å². The van der Waals surface area contributed by atoms with Crippen molar-refractivity contribution in [2.75, 3.05) is 5.73 Å². The maximum atomic E-state index is 13.5. The SMILES string of the molecule is Cc1cccc(OCc2c(N)cccc2F)c1. The number of aryl methyl sites for hydroxylation is 1. The highest BCUT2D eigenvalue weighted by Gasteiger charge is 2.06. The number of hydrogen-bond donors (Lipinski definition) is 1. The lowest BCUT2D eigenvalue weighted by Gasteiger charge is -2.09. The summed E-state index contributed by atoms with van der Waals surface area (Å²) < 4.78 is 19.0. The van der Waals surface area contributed by atoms with Gasteiger partial charge in [0.25, 0.3) is 0 Å². The van der Waals surface area contributed by atoms with E-state index in [9.17, 15) is 4.39 Å². The third kappa shape index (κ3) is 2.75.